The number of hydrogen-bond acceptors (Lipinski definition) is 7. The summed E-state index contributed by atoms with van der Waals surface area (Å²) >= 11 is 0. The van der Waals surface area contributed by atoms with E-state index in [1.165, 1.54) is 19.3 Å². The largest absolute Gasteiger partial charge is 0.506 e. The van der Waals surface area contributed by atoms with Gasteiger partial charge in [0.05, 0.1) is 32.1 Å². The standard InChI is InChI=1S/C33H52N4O4/c1-25(2)9-8-17-32(3,4)22-41-24-33(5,6)23-40-20-19-35-31(39)27-11-13-28(14-12-27)36-37-29-21-26(16-18-34-7)10-15-30(29)38/h10-15,21,25,34,38H,8-9,16-20,22-24H2,1-7H3,(H,35,39)/b37-36+. The third-order valence-corrected chi connectivity index (χ3v) is 6.75. The molecule has 0 heterocycles. The van der Waals surface area contributed by atoms with Gasteiger partial charge in [-0.3, -0.25) is 4.79 Å². The number of likely N-dealkylation sites (N-methyl/N-ethyl adjacent to an activating group) is 1. The molecule has 8 heteroatoms. The Hall–Kier alpha value is -2.81. The van der Waals surface area contributed by atoms with Crippen LogP contribution in [0, 0.1) is 16.7 Å². The first kappa shape index (κ1) is 34.4. The van der Waals surface area contributed by atoms with Crippen LogP contribution in [0.2, 0.25) is 0 Å². The predicted octanol–water partition coefficient (Wildman–Crippen LogP) is 7.21. The number of amides is 1. The maximum Gasteiger partial charge on any atom is 0.251 e. The molecule has 0 aromatic heterocycles. The van der Waals surface area contributed by atoms with Crippen LogP contribution in [-0.4, -0.2) is 57.6 Å². The Morgan fingerprint density at radius 3 is 2.29 bits per heavy atom. The summed E-state index contributed by atoms with van der Waals surface area (Å²) in [6.45, 7) is 17.0. The number of phenolic OH excluding ortho intramolecular Hbond substituents is 1. The number of phenols is 1. The van der Waals surface area contributed by atoms with Gasteiger partial charge in [0.25, 0.3) is 5.91 Å². The van der Waals surface area contributed by atoms with E-state index >= 15 is 0 Å². The average molecular weight is 569 g/mol. The van der Waals surface area contributed by atoms with Gasteiger partial charge in [0.15, 0.2) is 0 Å². The first-order valence-electron chi connectivity index (χ1n) is 14.8. The summed E-state index contributed by atoms with van der Waals surface area (Å²) in [5.74, 6) is 0.650. The molecule has 8 nitrogen and oxygen atoms in total. The molecule has 2 rings (SSSR count). The molecule has 0 atom stereocenters. The lowest BCUT2D eigenvalue weighted by atomic mass is 9.87. The first-order chi connectivity index (χ1) is 19.4. The van der Waals surface area contributed by atoms with Crippen molar-refractivity contribution in [3.63, 3.8) is 0 Å². The van der Waals surface area contributed by atoms with Crippen LogP contribution < -0.4 is 10.6 Å². The number of carbonyl (C=O) groups excluding carboxylic acids is 1. The monoisotopic (exact) mass is 568 g/mol. The Balaban J connectivity index is 1.70. The van der Waals surface area contributed by atoms with Crippen LogP contribution in [0.5, 0.6) is 5.75 Å². The molecule has 0 saturated carbocycles. The van der Waals surface area contributed by atoms with E-state index in [1.807, 2.05) is 19.2 Å². The summed E-state index contributed by atoms with van der Waals surface area (Å²) in [4.78, 5) is 12.5. The normalized spacial score (nSPS) is 12.4. The molecule has 228 valence electrons. The molecule has 0 radical (unpaired) electrons. The molecule has 0 fully saturated rings. The molecule has 0 unspecified atom stereocenters. The van der Waals surface area contributed by atoms with E-state index in [4.69, 9.17) is 9.47 Å². The van der Waals surface area contributed by atoms with Crippen molar-refractivity contribution in [2.75, 3.05) is 46.6 Å². The number of hydrogen-bond donors (Lipinski definition) is 3. The number of carbonyl (C=O) groups is 1. The van der Waals surface area contributed by atoms with E-state index in [2.05, 4.69) is 62.4 Å². The molecule has 2 aromatic rings. The number of benzene rings is 2. The Morgan fingerprint density at radius 1 is 0.927 bits per heavy atom. The van der Waals surface area contributed by atoms with Crippen LogP contribution in [0.15, 0.2) is 52.7 Å². The number of azo groups is 1. The zero-order chi connectivity index (χ0) is 30.3. The van der Waals surface area contributed by atoms with Gasteiger partial charge >= 0.3 is 0 Å². The fraction of sp³-hybridized carbons (Fsp3) is 0.606. The second-order valence-electron chi connectivity index (χ2n) is 12.8. The minimum Gasteiger partial charge on any atom is -0.506 e. The molecule has 0 saturated heterocycles. The molecule has 0 aliphatic carbocycles. The Bertz CT molecular complexity index is 1080. The van der Waals surface area contributed by atoms with Crippen LogP contribution in [0.4, 0.5) is 11.4 Å². The topological polar surface area (TPSA) is 105 Å². The van der Waals surface area contributed by atoms with Crippen LogP contribution in [-0.2, 0) is 15.9 Å². The average Bonchev–Trinajstić information content (AvgIpc) is 2.91. The van der Waals surface area contributed by atoms with Gasteiger partial charge in [-0.1, -0.05) is 60.5 Å². The quantitative estimate of drug-likeness (QED) is 0.123. The van der Waals surface area contributed by atoms with Crippen molar-refractivity contribution in [3.05, 3.63) is 53.6 Å². The van der Waals surface area contributed by atoms with Gasteiger partial charge < -0.3 is 25.2 Å². The van der Waals surface area contributed by atoms with E-state index in [0.717, 1.165) is 31.1 Å². The summed E-state index contributed by atoms with van der Waals surface area (Å²) in [5, 5.41) is 24.5. The summed E-state index contributed by atoms with van der Waals surface area (Å²) in [6.07, 6.45) is 4.50. The third-order valence-electron chi connectivity index (χ3n) is 6.75. The van der Waals surface area contributed by atoms with Crippen molar-refractivity contribution in [1.82, 2.24) is 10.6 Å². The molecule has 0 bridgehead atoms. The Labute approximate surface area is 247 Å². The van der Waals surface area contributed by atoms with Gasteiger partial charge in [0, 0.05) is 17.5 Å². The lowest BCUT2D eigenvalue weighted by molar-refractivity contribution is -0.0263. The van der Waals surface area contributed by atoms with Gasteiger partial charge in [0.1, 0.15) is 11.4 Å². The van der Waals surface area contributed by atoms with Gasteiger partial charge in [0.2, 0.25) is 0 Å². The second-order valence-corrected chi connectivity index (χ2v) is 12.8. The van der Waals surface area contributed by atoms with Crippen molar-refractivity contribution >= 4 is 17.3 Å². The van der Waals surface area contributed by atoms with Gasteiger partial charge in [-0.05, 0) is 79.7 Å². The second kappa shape index (κ2) is 17.2. The fourth-order valence-electron chi connectivity index (χ4n) is 4.26. The van der Waals surface area contributed by atoms with Crippen molar-refractivity contribution in [3.8, 4) is 5.75 Å². The van der Waals surface area contributed by atoms with Crippen molar-refractivity contribution in [1.29, 1.82) is 0 Å². The van der Waals surface area contributed by atoms with Crippen LogP contribution in [0.25, 0.3) is 0 Å². The summed E-state index contributed by atoms with van der Waals surface area (Å²) in [7, 11) is 1.90. The zero-order valence-corrected chi connectivity index (χ0v) is 26.3. The Morgan fingerprint density at radius 2 is 1.61 bits per heavy atom. The fourth-order valence-corrected chi connectivity index (χ4v) is 4.26. The maximum atomic E-state index is 12.5. The molecular formula is C33H52N4O4. The summed E-state index contributed by atoms with van der Waals surface area (Å²) in [6, 6.07) is 12.2. The van der Waals surface area contributed by atoms with Crippen LogP contribution >= 0.6 is 0 Å². The Kier molecular flexibility index (Phi) is 14.4. The van der Waals surface area contributed by atoms with Gasteiger partial charge in [-0.15, -0.1) is 5.11 Å². The molecular weight excluding hydrogens is 516 g/mol. The van der Waals surface area contributed by atoms with Gasteiger partial charge in [-0.25, -0.2) is 0 Å². The minimum absolute atomic E-state index is 0.0764. The smallest absolute Gasteiger partial charge is 0.251 e. The van der Waals surface area contributed by atoms with Crippen molar-refractivity contribution in [2.45, 2.75) is 67.2 Å². The highest BCUT2D eigenvalue weighted by Gasteiger charge is 2.23. The minimum atomic E-state index is -0.172. The first-order valence-corrected chi connectivity index (χ1v) is 14.8. The molecule has 2 aromatic carbocycles. The van der Waals surface area contributed by atoms with E-state index < -0.39 is 0 Å². The van der Waals surface area contributed by atoms with E-state index in [9.17, 15) is 9.90 Å². The van der Waals surface area contributed by atoms with Crippen molar-refractivity contribution in [2.24, 2.45) is 27.0 Å². The van der Waals surface area contributed by atoms with Gasteiger partial charge in [-0.2, -0.15) is 5.11 Å². The molecule has 1 amide bonds. The molecule has 0 spiro atoms. The highest BCUT2D eigenvalue weighted by atomic mass is 16.5. The highest BCUT2D eigenvalue weighted by Crippen LogP contribution is 2.29. The van der Waals surface area contributed by atoms with E-state index in [-0.39, 0.29) is 22.5 Å². The number of nitrogens with one attached hydrogen (secondary N) is 2. The molecule has 3 N–H and O–H groups in total. The zero-order valence-electron chi connectivity index (χ0n) is 26.3. The van der Waals surface area contributed by atoms with E-state index in [1.54, 1.807) is 30.3 Å². The number of rotatable bonds is 19. The van der Waals surface area contributed by atoms with E-state index in [0.29, 0.717) is 43.3 Å². The number of ether oxygens (including phenoxy) is 2. The SMILES string of the molecule is CNCCc1ccc(O)c(/N=N/c2ccc(C(=O)NCCOCC(C)(C)COCC(C)(C)CCCC(C)C)cc2)c1. The van der Waals surface area contributed by atoms with Crippen LogP contribution in [0.3, 0.4) is 0 Å². The molecule has 0 aliphatic heterocycles. The van der Waals surface area contributed by atoms with Crippen LogP contribution in [0.1, 0.15) is 76.7 Å². The maximum absolute atomic E-state index is 12.5. The highest BCUT2D eigenvalue weighted by molar-refractivity contribution is 5.94. The summed E-state index contributed by atoms with van der Waals surface area (Å²) < 4.78 is 11.9. The lowest BCUT2D eigenvalue weighted by Gasteiger charge is -2.29. The number of nitrogens with zero attached hydrogens (tertiary/aromatic N) is 2. The summed E-state index contributed by atoms with van der Waals surface area (Å²) in [5.41, 5.74) is 2.67. The molecule has 41 heavy (non-hydrogen) atoms. The lowest BCUT2D eigenvalue weighted by Crippen LogP contribution is -2.31. The third kappa shape index (κ3) is 14.1. The molecule has 0 aliphatic rings. The number of aromatic hydroxyl groups is 1. The van der Waals surface area contributed by atoms with Crippen molar-refractivity contribution < 1.29 is 19.4 Å². The predicted molar refractivity (Wildman–Crippen MR) is 167 cm³/mol.